The summed E-state index contributed by atoms with van der Waals surface area (Å²) >= 11 is 0. The zero-order chi connectivity index (χ0) is 17.3. The van der Waals surface area contributed by atoms with Crippen LogP contribution < -0.4 is 16.0 Å². The molecule has 2 aliphatic rings. The second-order valence-corrected chi connectivity index (χ2v) is 6.91. The summed E-state index contributed by atoms with van der Waals surface area (Å²) in [5.41, 5.74) is 2.00. The van der Waals surface area contributed by atoms with E-state index in [0.717, 1.165) is 32.4 Å². The topological polar surface area (TPSA) is 83.4 Å². The van der Waals surface area contributed by atoms with Gasteiger partial charge in [-0.15, -0.1) is 0 Å². The van der Waals surface area contributed by atoms with Crippen molar-refractivity contribution in [2.45, 2.75) is 19.3 Å². The van der Waals surface area contributed by atoms with Gasteiger partial charge >= 0.3 is 0 Å². The third-order valence-corrected chi connectivity index (χ3v) is 5.28. The SMILES string of the molecule is O=C(Nc1cccc(NC(=O)C2CC23CCNCC3)c1)c1ccoc1. The lowest BCUT2D eigenvalue weighted by molar-refractivity contribution is -0.118. The first kappa shape index (κ1) is 15.9. The standard InChI is InChI=1S/C19H21N3O3/c23-17(13-4-9-25-12-13)21-14-2-1-3-15(10-14)22-18(24)16-11-19(16)5-7-20-8-6-19/h1-4,9-10,12,16,20H,5-8,11H2,(H,21,23)(H,22,24). The fourth-order valence-corrected chi connectivity index (χ4v) is 3.70. The lowest BCUT2D eigenvalue weighted by Gasteiger charge is -2.23. The first-order chi connectivity index (χ1) is 12.2. The minimum atomic E-state index is -0.243. The molecule has 3 N–H and O–H groups in total. The largest absolute Gasteiger partial charge is 0.472 e. The summed E-state index contributed by atoms with van der Waals surface area (Å²) in [5.74, 6) is -0.0490. The molecule has 1 aromatic carbocycles. The van der Waals surface area contributed by atoms with Crippen molar-refractivity contribution in [1.82, 2.24) is 5.32 Å². The lowest BCUT2D eigenvalue weighted by Crippen LogP contribution is -2.31. The van der Waals surface area contributed by atoms with E-state index in [4.69, 9.17) is 4.42 Å². The molecule has 6 heteroatoms. The third-order valence-electron chi connectivity index (χ3n) is 5.28. The van der Waals surface area contributed by atoms with E-state index in [0.29, 0.717) is 16.9 Å². The first-order valence-corrected chi connectivity index (χ1v) is 8.62. The molecule has 2 fully saturated rings. The van der Waals surface area contributed by atoms with Gasteiger partial charge in [-0.3, -0.25) is 9.59 Å². The molecule has 25 heavy (non-hydrogen) atoms. The summed E-state index contributed by atoms with van der Waals surface area (Å²) in [7, 11) is 0. The van der Waals surface area contributed by atoms with Crippen molar-refractivity contribution in [2.75, 3.05) is 23.7 Å². The van der Waals surface area contributed by atoms with Crippen molar-refractivity contribution >= 4 is 23.2 Å². The lowest BCUT2D eigenvalue weighted by atomic mass is 9.92. The molecule has 1 aliphatic heterocycles. The van der Waals surface area contributed by atoms with E-state index in [2.05, 4.69) is 16.0 Å². The third kappa shape index (κ3) is 3.30. The Hall–Kier alpha value is -2.60. The highest BCUT2D eigenvalue weighted by Crippen LogP contribution is 2.58. The van der Waals surface area contributed by atoms with Crippen molar-refractivity contribution < 1.29 is 14.0 Å². The Labute approximate surface area is 146 Å². The maximum atomic E-state index is 12.5. The summed E-state index contributed by atoms with van der Waals surface area (Å²) in [5, 5.41) is 9.14. The van der Waals surface area contributed by atoms with Gasteiger partial charge in [0.2, 0.25) is 5.91 Å². The van der Waals surface area contributed by atoms with Crippen LogP contribution in [-0.2, 0) is 4.79 Å². The number of carbonyl (C=O) groups excluding carboxylic acids is 2. The van der Waals surface area contributed by atoms with E-state index in [1.165, 1.54) is 12.5 Å². The van der Waals surface area contributed by atoms with Crippen LogP contribution in [0.2, 0.25) is 0 Å². The smallest absolute Gasteiger partial charge is 0.258 e. The van der Waals surface area contributed by atoms with Gasteiger partial charge in [-0.2, -0.15) is 0 Å². The number of piperidine rings is 1. The van der Waals surface area contributed by atoms with Crippen LogP contribution in [0.15, 0.2) is 47.3 Å². The molecule has 0 bridgehead atoms. The molecule has 1 saturated heterocycles. The van der Waals surface area contributed by atoms with Crippen molar-refractivity contribution in [1.29, 1.82) is 0 Å². The average molecular weight is 339 g/mol. The van der Waals surface area contributed by atoms with Crippen LogP contribution >= 0.6 is 0 Å². The normalized spacial score (nSPS) is 20.9. The van der Waals surface area contributed by atoms with E-state index < -0.39 is 0 Å². The quantitative estimate of drug-likeness (QED) is 0.800. The minimum Gasteiger partial charge on any atom is -0.472 e. The monoisotopic (exact) mass is 339 g/mol. The van der Waals surface area contributed by atoms with Crippen molar-refractivity contribution in [2.24, 2.45) is 11.3 Å². The molecule has 2 aromatic rings. The minimum absolute atomic E-state index is 0.0835. The molecular weight excluding hydrogens is 318 g/mol. The highest BCUT2D eigenvalue weighted by atomic mass is 16.3. The Morgan fingerprint density at radius 1 is 1.12 bits per heavy atom. The summed E-state index contributed by atoms with van der Waals surface area (Å²) in [4.78, 5) is 24.6. The fourth-order valence-electron chi connectivity index (χ4n) is 3.70. The Bertz CT molecular complexity index is 779. The molecule has 2 heterocycles. The van der Waals surface area contributed by atoms with Gasteiger partial charge in [-0.05, 0) is 62.0 Å². The van der Waals surface area contributed by atoms with Crippen molar-refractivity contribution in [3.8, 4) is 0 Å². The molecule has 6 nitrogen and oxygen atoms in total. The zero-order valence-electron chi connectivity index (χ0n) is 13.9. The summed E-state index contributed by atoms with van der Waals surface area (Å²) in [6, 6.07) is 8.82. The molecular formula is C19H21N3O3. The number of benzene rings is 1. The van der Waals surface area contributed by atoms with Crippen LogP contribution in [0.5, 0.6) is 0 Å². The number of nitrogens with one attached hydrogen (secondary N) is 3. The van der Waals surface area contributed by atoms with Gasteiger partial charge in [-0.1, -0.05) is 6.07 Å². The van der Waals surface area contributed by atoms with Crippen LogP contribution in [0.1, 0.15) is 29.6 Å². The summed E-state index contributed by atoms with van der Waals surface area (Å²) in [6.07, 6.45) is 5.99. The van der Waals surface area contributed by atoms with E-state index >= 15 is 0 Å². The van der Waals surface area contributed by atoms with Crippen molar-refractivity contribution in [3.63, 3.8) is 0 Å². The number of hydrogen-bond donors (Lipinski definition) is 3. The number of anilines is 2. The molecule has 1 spiro atoms. The molecule has 1 unspecified atom stereocenters. The number of amides is 2. The molecule has 0 radical (unpaired) electrons. The zero-order valence-corrected chi connectivity index (χ0v) is 13.9. The maximum Gasteiger partial charge on any atom is 0.258 e. The first-order valence-electron chi connectivity index (χ1n) is 8.62. The van der Waals surface area contributed by atoms with E-state index in [-0.39, 0.29) is 23.1 Å². The number of furan rings is 1. The average Bonchev–Trinajstić information content (AvgIpc) is 3.06. The van der Waals surface area contributed by atoms with Crippen LogP contribution in [0.4, 0.5) is 11.4 Å². The fraction of sp³-hybridized carbons (Fsp3) is 0.368. The second-order valence-electron chi connectivity index (χ2n) is 6.91. The molecule has 4 rings (SSSR count). The van der Waals surface area contributed by atoms with E-state index in [1.807, 2.05) is 12.1 Å². The van der Waals surface area contributed by atoms with Gasteiger partial charge in [0.25, 0.3) is 5.91 Å². The van der Waals surface area contributed by atoms with Gasteiger partial charge < -0.3 is 20.4 Å². The highest BCUT2D eigenvalue weighted by molar-refractivity contribution is 6.04. The molecule has 1 saturated carbocycles. The molecule has 1 aliphatic carbocycles. The van der Waals surface area contributed by atoms with Gasteiger partial charge in [0.15, 0.2) is 0 Å². The van der Waals surface area contributed by atoms with E-state index in [9.17, 15) is 9.59 Å². The number of rotatable bonds is 4. The number of carbonyl (C=O) groups is 2. The number of hydrogen-bond acceptors (Lipinski definition) is 4. The Kier molecular flexibility index (Phi) is 4.05. The predicted molar refractivity (Wildman–Crippen MR) is 94.4 cm³/mol. The second kappa shape index (κ2) is 6.37. The van der Waals surface area contributed by atoms with Gasteiger partial charge in [0, 0.05) is 17.3 Å². The van der Waals surface area contributed by atoms with Gasteiger partial charge in [0.05, 0.1) is 11.8 Å². The predicted octanol–water partition coefficient (Wildman–Crippen LogP) is 2.86. The Balaban J connectivity index is 1.38. The van der Waals surface area contributed by atoms with Crippen molar-refractivity contribution in [3.05, 3.63) is 48.4 Å². The van der Waals surface area contributed by atoms with Crippen LogP contribution in [-0.4, -0.2) is 24.9 Å². The summed E-state index contributed by atoms with van der Waals surface area (Å²) < 4.78 is 4.92. The Morgan fingerprint density at radius 3 is 2.60 bits per heavy atom. The maximum absolute atomic E-state index is 12.5. The van der Waals surface area contributed by atoms with E-state index in [1.54, 1.807) is 18.2 Å². The molecule has 1 aromatic heterocycles. The summed E-state index contributed by atoms with van der Waals surface area (Å²) in [6.45, 7) is 2.00. The molecule has 1 atom stereocenters. The van der Waals surface area contributed by atoms with Crippen LogP contribution in [0.3, 0.4) is 0 Å². The molecule has 2 amide bonds. The van der Waals surface area contributed by atoms with Gasteiger partial charge in [-0.25, -0.2) is 0 Å². The van der Waals surface area contributed by atoms with Gasteiger partial charge in [0.1, 0.15) is 6.26 Å². The Morgan fingerprint density at radius 2 is 1.88 bits per heavy atom. The molecule has 130 valence electrons. The van der Waals surface area contributed by atoms with Crippen LogP contribution in [0, 0.1) is 11.3 Å². The highest BCUT2D eigenvalue weighted by Gasteiger charge is 2.57. The van der Waals surface area contributed by atoms with Crippen LogP contribution in [0.25, 0.3) is 0 Å².